The van der Waals surface area contributed by atoms with Gasteiger partial charge in [0.2, 0.25) is 5.82 Å². The minimum absolute atomic E-state index is 0.0102. The van der Waals surface area contributed by atoms with Gasteiger partial charge in [-0.1, -0.05) is 12.1 Å². The summed E-state index contributed by atoms with van der Waals surface area (Å²) in [7, 11) is 1.65. The first-order valence-corrected chi connectivity index (χ1v) is 12.6. The lowest BCUT2D eigenvalue weighted by molar-refractivity contribution is -0.729. The maximum Gasteiger partial charge on any atom is 0.412 e. The number of nitrogens with one attached hydrogen (secondary N) is 3. The number of ether oxygens (including phenoxy) is 3. The number of hydrogen-bond acceptors (Lipinski definition) is 6. The molecule has 1 fully saturated rings. The van der Waals surface area contributed by atoms with Gasteiger partial charge in [-0.05, 0) is 80.6 Å². The molecule has 0 aliphatic heterocycles. The molecule has 3 N–H and O–H groups in total. The second-order valence-electron chi connectivity index (χ2n) is 10.2. The van der Waals surface area contributed by atoms with E-state index in [4.69, 9.17) is 19.2 Å². The van der Waals surface area contributed by atoms with E-state index in [0.29, 0.717) is 24.7 Å². The van der Waals surface area contributed by atoms with E-state index in [2.05, 4.69) is 15.7 Å². The SMILES string of the molecule is COc1ccc(C[n+]2[nH]c(-c3ccc(OC/C(=C/F)CNC(=O)OC(C)(C)C)cc3)nc2NC2CC2)cc1. The molecule has 0 spiro atoms. The largest absolute Gasteiger partial charge is 0.497 e. The van der Waals surface area contributed by atoms with E-state index < -0.39 is 11.7 Å². The van der Waals surface area contributed by atoms with E-state index in [0.717, 1.165) is 41.5 Å². The van der Waals surface area contributed by atoms with E-state index >= 15 is 0 Å². The third kappa shape index (κ3) is 7.96. The topological polar surface area (TPSA) is 101 Å². The van der Waals surface area contributed by atoms with Crippen LogP contribution in [0.4, 0.5) is 15.1 Å². The van der Waals surface area contributed by atoms with Gasteiger partial charge in [0.1, 0.15) is 30.3 Å². The Bertz CT molecular complexity index is 1250. The Kier molecular flexibility index (Phi) is 8.50. The number of rotatable bonds is 11. The zero-order valence-electron chi connectivity index (χ0n) is 22.2. The molecule has 1 saturated carbocycles. The van der Waals surface area contributed by atoms with Crippen LogP contribution in [0, 0.1) is 0 Å². The Morgan fingerprint density at radius 3 is 2.42 bits per heavy atom. The number of benzene rings is 2. The first-order valence-electron chi connectivity index (χ1n) is 12.6. The van der Waals surface area contributed by atoms with E-state index in [1.54, 1.807) is 40.0 Å². The highest BCUT2D eigenvalue weighted by Crippen LogP contribution is 2.25. The zero-order chi connectivity index (χ0) is 27.1. The lowest BCUT2D eigenvalue weighted by Gasteiger charge is -2.20. The van der Waals surface area contributed by atoms with Gasteiger partial charge in [-0.3, -0.25) is 5.32 Å². The number of nitrogens with zero attached hydrogens (tertiary/aromatic N) is 2. The lowest BCUT2D eigenvalue weighted by atomic mass is 10.2. The van der Waals surface area contributed by atoms with Crippen molar-refractivity contribution in [3.63, 3.8) is 0 Å². The molecule has 1 heterocycles. The molecular weight excluding hydrogens is 489 g/mol. The lowest BCUT2D eigenvalue weighted by Crippen LogP contribution is -2.39. The van der Waals surface area contributed by atoms with Crippen LogP contribution in [0.2, 0.25) is 0 Å². The summed E-state index contributed by atoms with van der Waals surface area (Å²) < 4.78 is 31.4. The van der Waals surface area contributed by atoms with Crippen molar-refractivity contribution in [2.45, 2.75) is 51.8 Å². The zero-order valence-corrected chi connectivity index (χ0v) is 22.2. The molecule has 2 aromatic carbocycles. The first kappa shape index (κ1) is 27.0. The molecule has 1 amide bonds. The van der Waals surface area contributed by atoms with Crippen LogP contribution in [0.1, 0.15) is 39.2 Å². The van der Waals surface area contributed by atoms with Crippen molar-refractivity contribution in [3.8, 4) is 22.9 Å². The minimum Gasteiger partial charge on any atom is -0.497 e. The Balaban J connectivity index is 1.37. The third-order valence-corrected chi connectivity index (χ3v) is 5.69. The summed E-state index contributed by atoms with van der Waals surface area (Å²) in [5.74, 6) is 2.89. The van der Waals surface area contributed by atoms with Gasteiger partial charge >= 0.3 is 12.0 Å². The molecule has 0 saturated heterocycles. The average molecular weight is 525 g/mol. The van der Waals surface area contributed by atoms with Crippen LogP contribution >= 0.6 is 0 Å². The monoisotopic (exact) mass is 524 g/mol. The molecule has 0 radical (unpaired) electrons. The summed E-state index contributed by atoms with van der Waals surface area (Å²) in [6, 6.07) is 15.8. The summed E-state index contributed by atoms with van der Waals surface area (Å²) in [6.45, 7) is 5.89. The molecular formula is C28H35FN5O4+. The van der Waals surface area contributed by atoms with Gasteiger partial charge in [-0.15, -0.1) is 0 Å². The number of amides is 1. The quantitative estimate of drug-likeness (QED) is 0.313. The molecule has 1 aliphatic carbocycles. The van der Waals surface area contributed by atoms with E-state index in [1.807, 2.05) is 41.1 Å². The first-order chi connectivity index (χ1) is 18.2. The average Bonchev–Trinajstić information content (AvgIpc) is 3.63. The van der Waals surface area contributed by atoms with Crippen LogP contribution in [-0.4, -0.2) is 48.1 Å². The Morgan fingerprint density at radius 2 is 1.82 bits per heavy atom. The Hall–Kier alpha value is -4.08. The summed E-state index contributed by atoms with van der Waals surface area (Å²) in [5, 5.41) is 9.41. The van der Waals surface area contributed by atoms with Crippen LogP contribution in [-0.2, 0) is 11.3 Å². The van der Waals surface area contributed by atoms with Crippen LogP contribution < -0.4 is 24.8 Å². The van der Waals surface area contributed by atoms with Crippen molar-refractivity contribution in [3.05, 3.63) is 66.0 Å². The second kappa shape index (κ2) is 12.0. The van der Waals surface area contributed by atoms with Crippen LogP contribution in [0.5, 0.6) is 11.5 Å². The summed E-state index contributed by atoms with van der Waals surface area (Å²) >= 11 is 0. The fourth-order valence-corrected chi connectivity index (χ4v) is 3.56. The molecule has 0 bridgehead atoms. The number of carbonyl (C=O) groups is 1. The Labute approximate surface area is 222 Å². The minimum atomic E-state index is -0.625. The number of alkyl carbamates (subject to hydrolysis) is 1. The van der Waals surface area contributed by atoms with Crippen molar-refractivity contribution in [1.29, 1.82) is 0 Å². The van der Waals surface area contributed by atoms with Gasteiger partial charge in [0.25, 0.3) is 0 Å². The van der Waals surface area contributed by atoms with Crippen molar-refractivity contribution in [2.75, 3.05) is 25.6 Å². The fourth-order valence-electron chi connectivity index (χ4n) is 3.56. The maximum absolute atomic E-state index is 13.3. The molecule has 1 aliphatic rings. The number of aromatic amines is 1. The number of H-pyrrole nitrogens is 1. The van der Waals surface area contributed by atoms with Crippen LogP contribution in [0.3, 0.4) is 0 Å². The second-order valence-corrected chi connectivity index (χ2v) is 10.2. The van der Waals surface area contributed by atoms with Crippen molar-refractivity contribution in [1.82, 2.24) is 15.4 Å². The number of methoxy groups -OCH3 is 1. The number of aromatic nitrogens is 3. The molecule has 1 aromatic heterocycles. The molecule has 4 rings (SSSR count). The smallest absolute Gasteiger partial charge is 0.412 e. The van der Waals surface area contributed by atoms with Gasteiger partial charge < -0.3 is 19.5 Å². The van der Waals surface area contributed by atoms with Crippen molar-refractivity contribution >= 4 is 12.0 Å². The highest BCUT2D eigenvalue weighted by atomic mass is 19.1. The summed E-state index contributed by atoms with van der Waals surface area (Å²) in [4.78, 5) is 16.6. The summed E-state index contributed by atoms with van der Waals surface area (Å²) in [6.07, 6.45) is 2.10. The van der Waals surface area contributed by atoms with E-state index in [1.165, 1.54) is 0 Å². The van der Waals surface area contributed by atoms with Crippen molar-refractivity contribution in [2.24, 2.45) is 0 Å². The van der Waals surface area contributed by atoms with Crippen molar-refractivity contribution < 1.29 is 28.1 Å². The van der Waals surface area contributed by atoms with Gasteiger partial charge in [-0.2, -0.15) is 4.68 Å². The predicted octanol–water partition coefficient (Wildman–Crippen LogP) is 4.75. The molecule has 202 valence electrons. The van der Waals surface area contributed by atoms with E-state index in [-0.39, 0.29) is 18.7 Å². The Morgan fingerprint density at radius 1 is 1.13 bits per heavy atom. The van der Waals surface area contributed by atoms with Gasteiger partial charge in [0.15, 0.2) is 0 Å². The number of carbonyl (C=O) groups excluding carboxylic acids is 1. The van der Waals surface area contributed by atoms with Gasteiger partial charge in [0.05, 0.1) is 19.5 Å². The van der Waals surface area contributed by atoms with Crippen LogP contribution in [0.25, 0.3) is 11.4 Å². The number of anilines is 1. The molecule has 0 atom stereocenters. The van der Waals surface area contributed by atoms with E-state index in [9.17, 15) is 9.18 Å². The molecule has 0 unspecified atom stereocenters. The molecule has 10 heteroatoms. The molecule has 9 nitrogen and oxygen atoms in total. The van der Waals surface area contributed by atoms with Gasteiger partial charge in [-0.25, -0.2) is 14.3 Å². The third-order valence-electron chi connectivity index (χ3n) is 5.69. The highest BCUT2D eigenvalue weighted by molar-refractivity contribution is 5.68. The predicted molar refractivity (Wildman–Crippen MR) is 142 cm³/mol. The molecule has 38 heavy (non-hydrogen) atoms. The summed E-state index contributed by atoms with van der Waals surface area (Å²) in [5.41, 5.74) is 1.66. The number of hydrogen-bond donors (Lipinski definition) is 3. The highest BCUT2D eigenvalue weighted by Gasteiger charge is 2.30. The van der Waals surface area contributed by atoms with Crippen LogP contribution in [0.15, 0.2) is 60.4 Å². The number of halogens is 1. The fraction of sp³-hybridized carbons (Fsp3) is 0.393. The standard InChI is InChI=1S/C28H34FN5O4/c1-28(2,3)38-27(35)30-16-20(15-29)18-37-24-13-7-21(8-14-24)25-32-26(31-22-9-10-22)34(33-25)17-19-5-11-23(36-4)12-6-19/h5-8,11-15,22H,9-10,16-18H2,1-4H3,(H2,30,31,32,33,35)/p+1/b20-15+. The normalized spacial score (nSPS) is 13.7. The maximum atomic E-state index is 13.3. The molecule has 3 aromatic rings. The van der Waals surface area contributed by atoms with Gasteiger partial charge in [0, 0.05) is 17.7 Å².